The molecule has 68 valence electrons. The highest BCUT2D eigenvalue weighted by molar-refractivity contribution is 5.88. The first kappa shape index (κ1) is 9.26. The summed E-state index contributed by atoms with van der Waals surface area (Å²) in [6, 6.07) is 0. The molecule has 0 aliphatic carbocycles. The summed E-state index contributed by atoms with van der Waals surface area (Å²) in [5.74, 6) is 0.579. The second-order valence-electron chi connectivity index (χ2n) is 3.11. The Morgan fingerprint density at radius 2 is 2.58 bits per heavy atom. The molecule has 0 radical (unpaired) electrons. The summed E-state index contributed by atoms with van der Waals surface area (Å²) < 4.78 is 0. The van der Waals surface area contributed by atoms with Gasteiger partial charge in [-0.2, -0.15) is 0 Å². The van der Waals surface area contributed by atoms with Crippen LogP contribution >= 0.6 is 0 Å². The van der Waals surface area contributed by atoms with Crippen LogP contribution in [0.5, 0.6) is 0 Å². The Labute approximate surface area is 74.0 Å². The SMILES string of the molecule is CNCC1=N/C=C\NCCC1C. The smallest absolute Gasteiger partial charge is 0.0424 e. The molecule has 12 heavy (non-hydrogen) atoms. The molecule has 1 aliphatic heterocycles. The van der Waals surface area contributed by atoms with Crippen LogP contribution in [0.1, 0.15) is 13.3 Å². The topological polar surface area (TPSA) is 36.4 Å². The molecule has 0 fully saturated rings. The lowest BCUT2D eigenvalue weighted by atomic mass is 10.0. The average molecular weight is 167 g/mol. The summed E-state index contributed by atoms with van der Waals surface area (Å²) in [4.78, 5) is 4.37. The van der Waals surface area contributed by atoms with Crippen LogP contribution in [0.4, 0.5) is 0 Å². The monoisotopic (exact) mass is 167 g/mol. The van der Waals surface area contributed by atoms with Crippen molar-refractivity contribution in [2.45, 2.75) is 13.3 Å². The van der Waals surface area contributed by atoms with E-state index in [2.05, 4.69) is 22.5 Å². The van der Waals surface area contributed by atoms with Gasteiger partial charge in [-0.15, -0.1) is 0 Å². The Morgan fingerprint density at radius 1 is 1.75 bits per heavy atom. The van der Waals surface area contributed by atoms with Crippen LogP contribution in [0.3, 0.4) is 0 Å². The molecule has 1 unspecified atom stereocenters. The highest BCUT2D eigenvalue weighted by Crippen LogP contribution is 2.05. The molecule has 1 aliphatic rings. The van der Waals surface area contributed by atoms with Crippen molar-refractivity contribution >= 4 is 5.71 Å². The molecule has 1 heterocycles. The fourth-order valence-electron chi connectivity index (χ4n) is 1.26. The third-order valence-electron chi connectivity index (χ3n) is 2.08. The van der Waals surface area contributed by atoms with E-state index in [9.17, 15) is 0 Å². The first-order valence-electron chi connectivity index (χ1n) is 4.44. The van der Waals surface area contributed by atoms with E-state index in [0.717, 1.165) is 19.5 Å². The Balaban J connectivity index is 2.60. The van der Waals surface area contributed by atoms with E-state index in [1.807, 2.05) is 19.4 Å². The van der Waals surface area contributed by atoms with Crippen molar-refractivity contribution in [3.8, 4) is 0 Å². The minimum Gasteiger partial charge on any atom is -0.390 e. The van der Waals surface area contributed by atoms with Crippen molar-refractivity contribution in [2.24, 2.45) is 10.9 Å². The van der Waals surface area contributed by atoms with E-state index >= 15 is 0 Å². The molecular weight excluding hydrogens is 150 g/mol. The maximum absolute atomic E-state index is 4.37. The van der Waals surface area contributed by atoms with Crippen LogP contribution < -0.4 is 10.6 Å². The lowest BCUT2D eigenvalue weighted by Gasteiger charge is -2.15. The normalized spacial score (nSPS) is 26.5. The molecule has 3 nitrogen and oxygen atoms in total. The highest BCUT2D eigenvalue weighted by atomic mass is 14.9. The molecule has 1 rings (SSSR count). The Kier molecular flexibility index (Phi) is 3.80. The van der Waals surface area contributed by atoms with Crippen LogP contribution in [-0.2, 0) is 0 Å². The van der Waals surface area contributed by atoms with Gasteiger partial charge >= 0.3 is 0 Å². The molecule has 0 saturated heterocycles. The van der Waals surface area contributed by atoms with Gasteiger partial charge in [0.05, 0.1) is 0 Å². The molecule has 2 N–H and O–H groups in total. The van der Waals surface area contributed by atoms with Crippen LogP contribution in [0, 0.1) is 5.92 Å². The lowest BCUT2D eigenvalue weighted by Crippen LogP contribution is -2.27. The highest BCUT2D eigenvalue weighted by Gasteiger charge is 2.09. The Bertz CT molecular complexity index is 184. The Morgan fingerprint density at radius 3 is 3.33 bits per heavy atom. The van der Waals surface area contributed by atoms with Crippen molar-refractivity contribution in [1.29, 1.82) is 0 Å². The second-order valence-corrected chi connectivity index (χ2v) is 3.11. The van der Waals surface area contributed by atoms with Gasteiger partial charge in [-0.25, -0.2) is 0 Å². The van der Waals surface area contributed by atoms with E-state index in [-0.39, 0.29) is 0 Å². The number of nitrogens with one attached hydrogen (secondary N) is 2. The first-order valence-corrected chi connectivity index (χ1v) is 4.44. The lowest BCUT2D eigenvalue weighted by molar-refractivity contribution is 0.635. The van der Waals surface area contributed by atoms with E-state index in [0.29, 0.717) is 5.92 Å². The van der Waals surface area contributed by atoms with E-state index in [1.54, 1.807) is 0 Å². The second kappa shape index (κ2) is 4.93. The quantitative estimate of drug-likeness (QED) is 0.636. The summed E-state index contributed by atoms with van der Waals surface area (Å²) in [5, 5.41) is 6.30. The first-order chi connectivity index (χ1) is 5.84. The summed E-state index contributed by atoms with van der Waals surface area (Å²) in [5.41, 5.74) is 1.25. The fraction of sp³-hybridized carbons (Fsp3) is 0.667. The third-order valence-corrected chi connectivity index (χ3v) is 2.08. The van der Waals surface area contributed by atoms with Gasteiger partial charge in [-0.1, -0.05) is 6.92 Å². The van der Waals surface area contributed by atoms with Gasteiger partial charge in [-0.3, -0.25) is 4.99 Å². The molecule has 0 spiro atoms. The minimum absolute atomic E-state index is 0.579. The van der Waals surface area contributed by atoms with Gasteiger partial charge in [0.2, 0.25) is 0 Å². The van der Waals surface area contributed by atoms with E-state index < -0.39 is 0 Å². The van der Waals surface area contributed by atoms with Crippen LogP contribution in [0.25, 0.3) is 0 Å². The molecule has 0 saturated carbocycles. The van der Waals surface area contributed by atoms with Gasteiger partial charge in [0.15, 0.2) is 0 Å². The zero-order valence-electron chi connectivity index (χ0n) is 7.80. The minimum atomic E-state index is 0.579. The van der Waals surface area contributed by atoms with Crippen LogP contribution in [-0.4, -0.2) is 25.8 Å². The predicted octanol–water partition coefficient (Wildman–Crippen LogP) is 0.747. The zero-order chi connectivity index (χ0) is 8.81. The van der Waals surface area contributed by atoms with Gasteiger partial charge < -0.3 is 10.6 Å². The van der Waals surface area contributed by atoms with Crippen LogP contribution in [0.2, 0.25) is 0 Å². The molecule has 0 aromatic carbocycles. The predicted molar refractivity (Wildman–Crippen MR) is 52.3 cm³/mol. The number of rotatable bonds is 2. The molecular formula is C9H17N3. The van der Waals surface area contributed by atoms with Crippen molar-refractivity contribution < 1.29 is 0 Å². The van der Waals surface area contributed by atoms with Gasteiger partial charge in [0, 0.05) is 31.2 Å². The largest absolute Gasteiger partial charge is 0.390 e. The number of aliphatic imine (C=N–C) groups is 1. The summed E-state index contributed by atoms with van der Waals surface area (Å²) in [6.45, 7) is 4.16. The average Bonchev–Trinajstić information content (AvgIpc) is 2.05. The van der Waals surface area contributed by atoms with Gasteiger partial charge in [-0.05, 0) is 19.4 Å². The van der Waals surface area contributed by atoms with Crippen molar-refractivity contribution in [3.05, 3.63) is 12.4 Å². The van der Waals surface area contributed by atoms with Gasteiger partial charge in [0.1, 0.15) is 0 Å². The van der Waals surface area contributed by atoms with Crippen molar-refractivity contribution in [2.75, 3.05) is 20.1 Å². The standard InChI is InChI=1S/C9H17N3/c1-8-3-4-11-5-6-12-9(8)7-10-2/h5-6,8,10-11H,3-4,7H2,1-2H3/b6-5-,12-9?. The van der Waals surface area contributed by atoms with Crippen LogP contribution in [0.15, 0.2) is 17.4 Å². The molecule has 0 aromatic heterocycles. The summed E-state index contributed by atoms with van der Waals surface area (Å²) in [6.07, 6.45) is 4.90. The van der Waals surface area contributed by atoms with Gasteiger partial charge in [0.25, 0.3) is 0 Å². The number of hydrogen-bond acceptors (Lipinski definition) is 3. The number of nitrogens with zero attached hydrogens (tertiary/aromatic N) is 1. The number of hydrogen-bond donors (Lipinski definition) is 2. The van der Waals surface area contributed by atoms with Crippen molar-refractivity contribution in [3.63, 3.8) is 0 Å². The molecule has 0 amide bonds. The third kappa shape index (κ3) is 2.66. The summed E-state index contributed by atoms with van der Waals surface area (Å²) in [7, 11) is 1.95. The molecule has 0 bridgehead atoms. The molecule has 3 heteroatoms. The Hall–Kier alpha value is -0.830. The van der Waals surface area contributed by atoms with Crippen molar-refractivity contribution in [1.82, 2.24) is 10.6 Å². The fourth-order valence-corrected chi connectivity index (χ4v) is 1.26. The summed E-state index contributed by atoms with van der Waals surface area (Å²) >= 11 is 0. The zero-order valence-corrected chi connectivity index (χ0v) is 7.80. The maximum Gasteiger partial charge on any atom is 0.0424 e. The van der Waals surface area contributed by atoms with E-state index in [1.165, 1.54) is 5.71 Å². The van der Waals surface area contributed by atoms with E-state index in [4.69, 9.17) is 0 Å². The molecule has 1 atom stereocenters. The maximum atomic E-state index is 4.37. The molecule has 0 aromatic rings.